The smallest absolute Gasteiger partial charge is 0.243 e. The van der Waals surface area contributed by atoms with Gasteiger partial charge in [-0.3, -0.25) is 9.52 Å². The summed E-state index contributed by atoms with van der Waals surface area (Å²) >= 11 is 0. The number of amides is 1. The normalized spacial score (nSPS) is 15.5. The van der Waals surface area contributed by atoms with Crippen LogP contribution in [0.1, 0.15) is 37.7 Å². The number of hydrogen-bond donors (Lipinski definition) is 3. The average Bonchev–Trinajstić information content (AvgIpc) is 2.54. The summed E-state index contributed by atoms with van der Waals surface area (Å²) < 4.78 is 25.3. The van der Waals surface area contributed by atoms with Crippen LogP contribution in [0.3, 0.4) is 0 Å². The maximum atomic E-state index is 11.4. The summed E-state index contributed by atoms with van der Waals surface area (Å²) in [6.45, 7) is 3.74. The molecule has 1 amide bonds. The summed E-state index contributed by atoms with van der Waals surface area (Å²) in [6, 6.07) is 5.75. The van der Waals surface area contributed by atoms with E-state index in [4.69, 9.17) is 0 Å². The first-order valence-electron chi connectivity index (χ1n) is 8.15. The molecule has 1 aliphatic rings. The molecule has 1 aromatic rings. The summed E-state index contributed by atoms with van der Waals surface area (Å²) in [4.78, 5) is 11.4. The zero-order chi connectivity index (χ0) is 17.6. The van der Waals surface area contributed by atoms with Gasteiger partial charge in [-0.2, -0.15) is 0 Å². The molecule has 0 bridgehead atoms. The molecule has 0 saturated heterocycles. The van der Waals surface area contributed by atoms with Crippen molar-refractivity contribution in [1.29, 1.82) is 0 Å². The van der Waals surface area contributed by atoms with Crippen LogP contribution >= 0.6 is 0 Å². The highest BCUT2D eigenvalue weighted by Gasteiger charge is 2.15. The lowest BCUT2D eigenvalue weighted by Gasteiger charge is -2.25. The Hall–Kier alpha value is -2.02. The molecule has 1 aliphatic carbocycles. The fourth-order valence-corrected chi connectivity index (χ4v) is 3.43. The van der Waals surface area contributed by atoms with E-state index in [0.29, 0.717) is 18.3 Å². The minimum absolute atomic E-state index is 0.264. The quantitative estimate of drug-likeness (QED) is 0.659. The SMILES string of the molecule is C=CC(=O)NCc1cc(NS(C)(=O)=O)ccc1NC1CCCCC1. The van der Waals surface area contributed by atoms with E-state index < -0.39 is 10.0 Å². The van der Waals surface area contributed by atoms with Gasteiger partial charge in [-0.05, 0) is 42.7 Å². The van der Waals surface area contributed by atoms with Gasteiger partial charge >= 0.3 is 0 Å². The first kappa shape index (κ1) is 18.3. The van der Waals surface area contributed by atoms with Gasteiger partial charge in [-0.1, -0.05) is 25.8 Å². The van der Waals surface area contributed by atoms with E-state index in [9.17, 15) is 13.2 Å². The van der Waals surface area contributed by atoms with Crippen LogP contribution in [0.2, 0.25) is 0 Å². The number of benzene rings is 1. The van der Waals surface area contributed by atoms with Crippen molar-refractivity contribution in [3.8, 4) is 0 Å². The van der Waals surface area contributed by atoms with Gasteiger partial charge in [0, 0.05) is 24.0 Å². The molecule has 0 radical (unpaired) electrons. The molecule has 0 atom stereocenters. The average molecular weight is 351 g/mol. The van der Waals surface area contributed by atoms with Gasteiger partial charge in [0.2, 0.25) is 15.9 Å². The molecule has 2 rings (SSSR count). The molecule has 1 saturated carbocycles. The Morgan fingerprint density at radius 1 is 1.29 bits per heavy atom. The minimum Gasteiger partial charge on any atom is -0.382 e. The van der Waals surface area contributed by atoms with Crippen LogP contribution in [0.25, 0.3) is 0 Å². The summed E-state index contributed by atoms with van der Waals surface area (Å²) in [5, 5.41) is 6.27. The Balaban J connectivity index is 2.19. The number of anilines is 2. The Labute approximate surface area is 143 Å². The molecule has 0 spiro atoms. The molecule has 1 fully saturated rings. The number of sulfonamides is 1. The molecule has 0 aliphatic heterocycles. The molecule has 1 aromatic carbocycles. The second-order valence-corrected chi connectivity index (χ2v) is 7.90. The highest BCUT2D eigenvalue weighted by atomic mass is 32.2. The summed E-state index contributed by atoms with van der Waals surface area (Å²) in [5.41, 5.74) is 2.24. The van der Waals surface area contributed by atoms with Crippen molar-refractivity contribution in [2.75, 3.05) is 16.3 Å². The molecular weight excluding hydrogens is 326 g/mol. The van der Waals surface area contributed by atoms with E-state index in [1.54, 1.807) is 12.1 Å². The molecule has 132 valence electrons. The van der Waals surface area contributed by atoms with E-state index in [-0.39, 0.29) is 5.91 Å². The summed E-state index contributed by atoms with van der Waals surface area (Å²) in [5.74, 6) is -0.264. The lowest BCUT2D eigenvalue weighted by atomic mass is 9.95. The Morgan fingerprint density at radius 2 is 2.00 bits per heavy atom. The number of hydrogen-bond acceptors (Lipinski definition) is 4. The van der Waals surface area contributed by atoms with Gasteiger partial charge in [0.05, 0.1) is 6.26 Å². The molecule has 3 N–H and O–H groups in total. The highest BCUT2D eigenvalue weighted by molar-refractivity contribution is 7.92. The van der Waals surface area contributed by atoms with Gasteiger partial charge in [0.1, 0.15) is 0 Å². The van der Waals surface area contributed by atoms with E-state index in [1.165, 1.54) is 25.3 Å². The Morgan fingerprint density at radius 3 is 2.62 bits per heavy atom. The van der Waals surface area contributed by atoms with Crippen molar-refractivity contribution in [2.45, 2.75) is 44.7 Å². The first-order valence-corrected chi connectivity index (χ1v) is 10.0. The predicted octanol–water partition coefficient (Wildman–Crippen LogP) is 2.60. The third-order valence-corrected chi connectivity index (χ3v) is 4.62. The van der Waals surface area contributed by atoms with E-state index >= 15 is 0 Å². The minimum atomic E-state index is -3.34. The van der Waals surface area contributed by atoms with E-state index in [0.717, 1.165) is 30.3 Å². The van der Waals surface area contributed by atoms with Crippen molar-refractivity contribution in [1.82, 2.24) is 5.32 Å². The number of carbonyl (C=O) groups excluding carboxylic acids is 1. The third-order valence-electron chi connectivity index (χ3n) is 4.01. The second kappa shape index (κ2) is 8.19. The van der Waals surface area contributed by atoms with Gasteiger partial charge in [-0.15, -0.1) is 0 Å². The molecular formula is C17H25N3O3S. The van der Waals surface area contributed by atoms with Gasteiger partial charge in [0.15, 0.2) is 0 Å². The first-order chi connectivity index (χ1) is 11.4. The fraction of sp³-hybridized carbons (Fsp3) is 0.471. The van der Waals surface area contributed by atoms with Crippen molar-refractivity contribution in [3.05, 3.63) is 36.4 Å². The van der Waals surface area contributed by atoms with Crippen LogP contribution in [-0.4, -0.2) is 26.6 Å². The zero-order valence-electron chi connectivity index (χ0n) is 14.0. The van der Waals surface area contributed by atoms with Crippen molar-refractivity contribution < 1.29 is 13.2 Å². The van der Waals surface area contributed by atoms with E-state index in [1.807, 2.05) is 6.07 Å². The van der Waals surface area contributed by atoms with Crippen LogP contribution in [-0.2, 0) is 21.4 Å². The Kier molecular flexibility index (Phi) is 6.25. The van der Waals surface area contributed by atoms with Gasteiger partial charge in [-0.25, -0.2) is 8.42 Å². The van der Waals surface area contributed by atoms with Crippen LogP contribution in [0, 0.1) is 0 Å². The monoisotopic (exact) mass is 351 g/mol. The number of rotatable bonds is 7. The number of carbonyl (C=O) groups is 1. The topological polar surface area (TPSA) is 87.3 Å². The molecule has 0 unspecified atom stereocenters. The van der Waals surface area contributed by atoms with Crippen molar-refractivity contribution in [2.24, 2.45) is 0 Å². The maximum Gasteiger partial charge on any atom is 0.243 e. The fourth-order valence-electron chi connectivity index (χ4n) is 2.88. The van der Waals surface area contributed by atoms with Crippen LogP contribution in [0.4, 0.5) is 11.4 Å². The molecule has 0 aromatic heterocycles. The predicted molar refractivity (Wildman–Crippen MR) is 97.4 cm³/mol. The van der Waals surface area contributed by atoms with Crippen LogP contribution < -0.4 is 15.4 Å². The highest BCUT2D eigenvalue weighted by Crippen LogP contribution is 2.26. The summed E-state index contributed by atoms with van der Waals surface area (Å²) in [6.07, 6.45) is 8.29. The second-order valence-electron chi connectivity index (χ2n) is 6.15. The zero-order valence-corrected chi connectivity index (χ0v) is 14.8. The molecule has 0 heterocycles. The standard InChI is InChI=1S/C17H25N3O3S/c1-3-17(21)18-12-13-11-15(20-24(2,22)23)9-10-16(13)19-14-7-5-4-6-8-14/h3,9-11,14,19-20H,1,4-8,12H2,2H3,(H,18,21). The third kappa shape index (κ3) is 5.88. The van der Waals surface area contributed by atoms with Crippen molar-refractivity contribution >= 4 is 27.3 Å². The number of nitrogens with one attached hydrogen (secondary N) is 3. The lowest BCUT2D eigenvalue weighted by molar-refractivity contribution is -0.116. The largest absolute Gasteiger partial charge is 0.382 e. The van der Waals surface area contributed by atoms with Crippen molar-refractivity contribution in [3.63, 3.8) is 0 Å². The molecule has 7 heteroatoms. The maximum absolute atomic E-state index is 11.4. The van der Waals surface area contributed by atoms with Gasteiger partial charge in [0.25, 0.3) is 0 Å². The lowest BCUT2D eigenvalue weighted by Crippen LogP contribution is -2.25. The van der Waals surface area contributed by atoms with Gasteiger partial charge < -0.3 is 10.6 Å². The van der Waals surface area contributed by atoms with Crippen LogP contribution in [0.5, 0.6) is 0 Å². The molecule has 6 nitrogen and oxygen atoms in total. The van der Waals surface area contributed by atoms with E-state index in [2.05, 4.69) is 21.9 Å². The molecule has 24 heavy (non-hydrogen) atoms. The Bertz CT molecular complexity index is 695. The summed E-state index contributed by atoms with van der Waals surface area (Å²) in [7, 11) is -3.34. The van der Waals surface area contributed by atoms with Crippen LogP contribution in [0.15, 0.2) is 30.9 Å².